The Morgan fingerprint density at radius 3 is 1.97 bits per heavy atom. The summed E-state index contributed by atoms with van der Waals surface area (Å²) in [5.41, 5.74) is 9.94. The molecule has 0 heterocycles. The molecular weight excluding hydrogens is 456 g/mol. The Bertz CT molecular complexity index is 1850. The van der Waals surface area contributed by atoms with Crippen molar-refractivity contribution in [3.63, 3.8) is 0 Å². The van der Waals surface area contributed by atoms with E-state index in [0.29, 0.717) is 5.92 Å². The van der Waals surface area contributed by atoms with Gasteiger partial charge in [-0.25, -0.2) is 0 Å². The monoisotopic (exact) mass is 492 g/mol. The lowest BCUT2D eigenvalue weighted by Crippen LogP contribution is -2.23. The van der Waals surface area contributed by atoms with Crippen LogP contribution in [0.25, 0.3) is 43.4 Å². The predicted molar refractivity (Wildman–Crippen MR) is 165 cm³/mol. The summed E-state index contributed by atoms with van der Waals surface area (Å²) in [5, 5.41) is 8.15. The SMILES string of the molecule is CCC1(C)c2cc(C(C)C)ccc2-c2ccc(C(C)(C)c3ccc4ccc5cccc6ccc3c4c56)cc21. The van der Waals surface area contributed by atoms with E-state index in [2.05, 4.69) is 133 Å². The van der Waals surface area contributed by atoms with Gasteiger partial charge < -0.3 is 0 Å². The molecule has 1 atom stereocenters. The maximum atomic E-state index is 2.53. The fourth-order valence-corrected chi connectivity index (χ4v) is 7.20. The molecule has 0 fully saturated rings. The van der Waals surface area contributed by atoms with Crippen molar-refractivity contribution in [2.45, 2.75) is 64.7 Å². The zero-order valence-corrected chi connectivity index (χ0v) is 23.4. The van der Waals surface area contributed by atoms with Crippen LogP contribution in [0.15, 0.2) is 91.0 Å². The van der Waals surface area contributed by atoms with Crippen LogP contribution < -0.4 is 0 Å². The van der Waals surface area contributed by atoms with Crippen LogP contribution in [-0.4, -0.2) is 0 Å². The Kier molecular flexibility index (Phi) is 4.90. The first kappa shape index (κ1) is 23.5. The lowest BCUT2D eigenvalue weighted by Gasteiger charge is -2.31. The Morgan fingerprint density at radius 2 is 1.29 bits per heavy atom. The number of rotatable bonds is 4. The van der Waals surface area contributed by atoms with Crippen LogP contribution >= 0.6 is 0 Å². The molecule has 188 valence electrons. The highest BCUT2D eigenvalue weighted by Crippen LogP contribution is 2.53. The van der Waals surface area contributed by atoms with Gasteiger partial charge in [-0.3, -0.25) is 0 Å². The quantitative estimate of drug-likeness (QED) is 0.215. The molecule has 0 aromatic heterocycles. The van der Waals surface area contributed by atoms with Crippen LogP contribution in [0.4, 0.5) is 0 Å². The van der Waals surface area contributed by atoms with Gasteiger partial charge in [0.25, 0.3) is 0 Å². The molecule has 0 nitrogen and oxygen atoms in total. The summed E-state index contributed by atoms with van der Waals surface area (Å²) in [4.78, 5) is 0. The maximum Gasteiger partial charge on any atom is 0.0184 e. The number of fused-ring (bicyclic) bond motifs is 3. The van der Waals surface area contributed by atoms with Gasteiger partial charge in [0.2, 0.25) is 0 Å². The molecule has 0 amide bonds. The molecule has 38 heavy (non-hydrogen) atoms. The summed E-state index contributed by atoms with van der Waals surface area (Å²) < 4.78 is 0. The van der Waals surface area contributed by atoms with E-state index in [-0.39, 0.29) is 10.8 Å². The van der Waals surface area contributed by atoms with E-state index < -0.39 is 0 Å². The Hall–Kier alpha value is -3.64. The lowest BCUT2D eigenvalue weighted by atomic mass is 9.72. The molecule has 0 aliphatic heterocycles. The average molecular weight is 493 g/mol. The van der Waals surface area contributed by atoms with Crippen molar-refractivity contribution in [3.05, 3.63) is 119 Å². The zero-order valence-electron chi connectivity index (χ0n) is 23.4. The first-order valence-corrected chi connectivity index (χ1v) is 14.2. The summed E-state index contributed by atoms with van der Waals surface area (Å²) in [6.07, 6.45) is 1.09. The van der Waals surface area contributed by atoms with Gasteiger partial charge in [0, 0.05) is 10.8 Å². The summed E-state index contributed by atoms with van der Waals surface area (Å²) in [6.45, 7) is 14.2. The fourth-order valence-electron chi connectivity index (χ4n) is 7.20. The first-order chi connectivity index (χ1) is 18.2. The highest BCUT2D eigenvalue weighted by atomic mass is 14.4. The second-order valence-electron chi connectivity index (χ2n) is 12.5. The van der Waals surface area contributed by atoms with Gasteiger partial charge in [-0.2, -0.15) is 0 Å². The van der Waals surface area contributed by atoms with Crippen molar-refractivity contribution in [3.8, 4) is 11.1 Å². The molecule has 0 N–H and O–H groups in total. The van der Waals surface area contributed by atoms with Gasteiger partial charge in [-0.05, 0) is 83.6 Å². The van der Waals surface area contributed by atoms with Gasteiger partial charge >= 0.3 is 0 Å². The van der Waals surface area contributed by atoms with Crippen LogP contribution in [0.1, 0.15) is 81.7 Å². The largest absolute Gasteiger partial charge is 0.0642 e. The zero-order chi connectivity index (χ0) is 26.4. The van der Waals surface area contributed by atoms with E-state index in [9.17, 15) is 0 Å². The van der Waals surface area contributed by atoms with Gasteiger partial charge in [-0.1, -0.05) is 133 Å². The van der Waals surface area contributed by atoms with Gasteiger partial charge in [0.1, 0.15) is 0 Å². The van der Waals surface area contributed by atoms with Crippen molar-refractivity contribution in [2.75, 3.05) is 0 Å². The van der Waals surface area contributed by atoms with Gasteiger partial charge in [0.15, 0.2) is 0 Å². The molecule has 1 aliphatic carbocycles. The van der Waals surface area contributed by atoms with E-state index >= 15 is 0 Å². The smallest absolute Gasteiger partial charge is 0.0184 e. The normalized spacial score (nSPS) is 17.1. The summed E-state index contributed by atoms with van der Waals surface area (Å²) in [5.74, 6) is 0.536. The van der Waals surface area contributed by atoms with E-state index in [0.717, 1.165) is 6.42 Å². The molecule has 0 radical (unpaired) electrons. The molecule has 0 heteroatoms. The number of hydrogen-bond acceptors (Lipinski definition) is 0. The van der Waals surface area contributed by atoms with Gasteiger partial charge in [0.05, 0.1) is 0 Å². The first-order valence-electron chi connectivity index (χ1n) is 14.2. The molecule has 0 spiro atoms. The van der Waals surface area contributed by atoms with Crippen LogP contribution in [-0.2, 0) is 10.8 Å². The molecule has 1 unspecified atom stereocenters. The number of hydrogen-bond donors (Lipinski definition) is 0. The average Bonchev–Trinajstić information content (AvgIpc) is 3.19. The minimum Gasteiger partial charge on any atom is -0.0642 e. The van der Waals surface area contributed by atoms with Crippen LogP contribution in [0, 0.1) is 0 Å². The highest BCUT2D eigenvalue weighted by Gasteiger charge is 2.39. The molecule has 0 saturated carbocycles. The Morgan fingerprint density at radius 1 is 0.684 bits per heavy atom. The highest BCUT2D eigenvalue weighted by molar-refractivity contribution is 6.23. The molecular formula is C38H36. The Balaban J connectivity index is 1.43. The van der Waals surface area contributed by atoms with E-state index in [4.69, 9.17) is 0 Å². The van der Waals surface area contributed by atoms with Crippen molar-refractivity contribution >= 4 is 32.3 Å². The minimum absolute atomic E-state index is 0.0321. The lowest BCUT2D eigenvalue weighted by molar-refractivity contribution is 0.559. The summed E-state index contributed by atoms with van der Waals surface area (Å²) in [7, 11) is 0. The summed E-state index contributed by atoms with van der Waals surface area (Å²) in [6, 6.07) is 35.1. The van der Waals surface area contributed by atoms with E-state index in [1.54, 1.807) is 0 Å². The predicted octanol–water partition coefficient (Wildman–Crippen LogP) is 10.7. The maximum absolute atomic E-state index is 2.53. The molecule has 1 aliphatic rings. The molecule has 0 saturated heterocycles. The molecule has 6 aromatic rings. The standard InChI is InChI=1S/C38H36/c1-7-38(6)33-21-27(23(2)3)14-17-29(33)30-19-16-28(22-34(30)38)37(4,5)32-20-15-26-12-11-24-9-8-10-25-13-18-31(32)36(26)35(24)25/h8-23H,7H2,1-6H3. The summed E-state index contributed by atoms with van der Waals surface area (Å²) >= 11 is 0. The van der Waals surface area contributed by atoms with E-state index in [1.165, 1.54) is 71.3 Å². The van der Waals surface area contributed by atoms with Crippen LogP contribution in [0.2, 0.25) is 0 Å². The fraction of sp³-hybridized carbons (Fsp3) is 0.263. The third-order valence-corrected chi connectivity index (χ3v) is 9.84. The van der Waals surface area contributed by atoms with Crippen molar-refractivity contribution in [2.24, 2.45) is 0 Å². The second-order valence-corrected chi connectivity index (χ2v) is 12.5. The molecule has 6 aromatic carbocycles. The van der Waals surface area contributed by atoms with E-state index in [1.807, 2.05) is 0 Å². The van der Waals surface area contributed by atoms with Crippen molar-refractivity contribution < 1.29 is 0 Å². The Labute approximate surface area is 226 Å². The van der Waals surface area contributed by atoms with Gasteiger partial charge in [-0.15, -0.1) is 0 Å². The third kappa shape index (κ3) is 3.04. The third-order valence-electron chi connectivity index (χ3n) is 9.84. The second kappa shape index (κ2) is 7.93. The van der Waals surface area contributed by atoms with Crippen molar-refractivity contribution in [1.82, 2.24) is 0 Å². The topological polar surface area (TPSA) is 0 Å². The van der Waals surface area contributed by atoms with Crippen LogP contribution in [0.5, 0.6) is 0 Å². The molecule has 7 rings (SSSR count). The number of benzene rings is 6. The van der Waals surface area contributed by atoms with Crippen molar-refractivity contribution in [1.29, 1.82) is 0 Å². The van der Waals surface area contributed by atoms with Crippen LogP contribution in [0.3, 0.4) is 0 Å². The minimum atomic E-state index is -0.135. The molecule has 0 bridgehead atoms.